The summed E-state index contributed by atoms with van der Waals surface area (Å²) >= 11 is 0. The maximum atomic E-state index is 12.3. The van der Waals surface area contributed by atoms with Gasteiger partial charge in [0.2, 0.25) is 0 Å². The van der Waals surface area contributed by atoms with Gasteiger partial charge in [-0.05, 0) is 37.3 Å². The fraction of sp³-hybridized carbons (Fsp3) is 0.133. The monoisotopic (exact) mass is 240 g/mol. The van der Waals surface area contributed by atoms with Crippen molar-refractivity contribution in [3.05, 3.63) is 66.2 Å². The lowest BCUT2D eigenvalue weighted by Crippen LogP contribution is -2.31. The molecule has 0 fully saturated rings. The van der Waals surface area contributed by atoms with E-state index in [-0.39, 0.29) is 5.91 Å². The largest absolute Gasteiger partial charge is 0.282 e. The quantitative estimate of drug-likeness (QED) is 0.768. The van der Waals surface area contributed by atoms with Crippen molar-refractivity contribution < 1.29 is 9.63 Å². The van der Waals surface area contributed by atoms with Crippen LogP contribution in [0.5, 0.6) is 0 Å². The van der Waals surface area contributed by atoms with Crippen molar-refractivity contribution in [1.82, 2.24) is 0 Å². The van der Waals surface area contributed by atoms with Gasteiger partial charge in [0.15, 0.2) is 0 Å². The first kappa shape index (κ1) is 12.3. The van der Waals surface area contributed by atoms with E-state index in [4.69, 9.17) is 4.84 Å². The summed E-state index contributed by atoms with van der Waals surface area (Å²) in [6, 6.07) is 19.1. The van der Waals surface area contributed by atoms with Gasteiger partial charge in [-0.15, -0.1) is 0 Å². The Labute approximate surface area is 107 Å². The number of nitrogens with zero attached hydrogens (tertiary/aromatic N) is 1. The van der Waals surface area contributed by atoms with Gasteiger partial charge in [0, 0.05) is 5.56 Å². The summed E-state index contributed by atoms with van der Waals surface area (Å²) < 4.78 is 0. The lowest BCUT2D eigenvalue weighted by molar-refractivity contribution is 0.0680. The number of anilines is 1. The van der Waals surface area contributed by atoms with Crippen molar-refractivity contribution in [2.75, 3.05) is 11.7 Å². The number of carbonyl (C=O) groups is 1. The van der Waals surface area contributed by atoms with Gasteiger partial charge in [0.05, 0.1) is 12.3 Å². The number of amides is 1. The molecular formula is C15H14NO2. The van der Waals surface area contributed by atoms with Gasteiger partial charge in [-0.3, -0.25) is 9.63 Å². The summed E-state index contributed by atoms with van der Waals surface area (Å²) in [5.41, 5.74) is 1.29. The van der Waals surface area contributed by atoms with E-state index in [1.54, 1.807) is 24.3 Å². The smallest absolute Gasteiger partial charge is 0.266 e. The van der Waals surface area contributed by atoms with E-state index >= 15 is 0 Å². The zero-order chi connectivity index (χ0) is 12.8. The second kappa shape index (κ2) is 5.98. The topological polar surface area (TPSA) is 29.5 Å². The minimum absolute atomic E-state index is 0.183. The predicted octanol–water partition coefficient (Wildman–Crippen LogP) is 3.09. The maximum Gasteiger partial charge on any atom is 0.282 e. The van der Waals surface area contributed by atoms with Crippen molar-refractivity contribution in [3.63, 3.8) is 0 Å². The third kappa shape index (κ3) is 2.76. The van der Waals surface area contributed by atoms with Crippen LogP contribution in [0.4, 0.5) is 5.69 Å². The van der Waals surface area contributed by atoms with E-state index in [2.05, 4.69) is 6.07 Å². The molecule has 1 radical (unpaired) electrons. The van der Waals surface area contributed by atoms with Crippen molar-refractivity contribution >= 4 is 11.6 Å². The van der Waals surface area contributed by atoms with Crippen molar-refractivity contribution in [3.8, 4) is 0 Å². The van der Waals surface area contributed by atoms with Crippen LogP contribution in [0, 0.1) is 6.07 Å². The summed E-state index contributed by atoms with van der Waals surface area (Å²) in [6.07, 6.45) is 0. The third-order valence-corrected chi connectivity index (χ3v) is 2.40. The summed E-state index contributed by atoms with van der Waals surface area (Å²) in [7, 11) is 0. The minimum Gasteiger partial charge on any atom is -0.266 e. The molecule has 3 nitrogen and oxygen atoms in total. The Balaban J connectivity index is 2.29. The molecule has 0 heterocycles. The summed E-state index contributed by atoms with van der Waals surface area (Å²) in [6.45, 7) is 2.28. The van der Waals surface area contributed by atoms with Gasteiger partial charge < -0.3 is 0 Å². The molecule has 0 unspecified atom stereocenters. The SMILES string of the molecule is CCON(C(=O)c1cc[c]cc1)c1ccccc1. The van der Waals surface area contributed by atoms with Crippen LogP contribution in [0.15, 0.2) is 54.6 Å². The summed E-state index contributed by atoms with van der Waals surface area (Å²) in [4.78, 5) is 17.7. The van der Waals surface area contributed by atoms with E-state index in [0.717, 1.165) is 5.69 Å². The molecule has 3 heteroatoms. The molecule has 18 heavy (non-hydrogen) atoms. The number of hydrogen-bond acceptors (Lipinski definition) is 2. The Kier molecular flexibility index (Phi) is 4.10. The number of para-hydroxylation sites is 1. The second-order valence-corrected chi connectivity index (χ2v) is 3.64. The highest BCUT2D eigenvalue weighted by Crippen LogP contribution is 2.17. The molecule has 0 saturated heterocycles. The van der Waals surface area contributed by atoms with Crippen LogP contribution in [0.3, 0.4) is 0 Å². The van der Waals surface area contributed by atoms with Crippen LogP contribution < -0.4 is 5.06 Å². The molecule has 0 aromatic heterocycles. The highest BCUT2D eigenvalue weighted by molar-refractivity contribution is 6.04. The number of carbonyl (C=O) groups excluding carboxylic acids is 1. The fourth-order valence-electron chi connectivity index (χ4n) is 1.59. The van der Waals surface area contributed by atoms with Crippen LogP contribution >= 0.6 is 0 Å². The van der Waals surface area contributed by atoms with E-state index < -0.39 is 0 Å². The van der Waals surface area contributed by atoms with E-state index in [0.29, 0.717) is 12.2 Å². The molecule has 0 aliphatic carbocycles. The van der Waals surface area contributed by atoms with E-state index in [1.165, 1.54) is 5.06 Å². The Morgan fingerprint density at radius 2 is 1.83 bits per heavy atom. The van der Waals surface area contributed by atoms with Gasteiger partial charge in [0.25, 0.3) is 5.91 Å². The standard InChI is InChI=1S/C15H14NO2/c1-2-18-16(14-11-7-4-8-12-14)15(17)13-9-5-3-6-10-13/h4-12H,2H2,1H3. The summed E-state index contributed by atoms with van der Waals surface area (Å²) in [5.74, 6) is -0.183. The Hall–Kier alpha value is -2.13. The number of benzene rings is 2. The molecule has 0 N–H and O–H groups in total. The van der Waals surface area contributed by atoms with Crippen LogP contribution in [-0.2, 0) is 4.84 Å². The molecule has 1 amide bonds. The van der Waals surface area contributed by atoms with Crippen LogP contribution in [0.1, 0.15) is 17.3 Å². The molecule has 2 aromatic carbocycles. The molecule has 2 rings (SSSR count). The highest BCUT2D eigenvalue weighted by atomic mass is 16.7. The first-order chi connectivity index (χ1) is 8.83. The molecule has 2 aromatic rings. The normalized spacial score (nSPS) is 10.1. The van der Waals surface area contributed by atoms with E-state index in [1.807, 2.05) is 37.3 Å². The molecular weight excluding hydrogens is 226 g/mol. The fourth-order valence-corrected chi connectivity index (χ4v) is 1.59. The molecule has 0 aliphatic rings. The third-order valence-electron chi connectivity index (χ3n) is 2.40. The molecule has 0 bridgehead atoms. The number of hydroxylamine groups is 1. The van der Waals surface area contributed by atoms with Crippen LogP contribution in [-0.4, -0.2) is 12.5 Å². The Bertz CT molecular complexity index is 496. The van der Waals surface area contributed by atoms with Crippen molar-refractivity contribution in [1.29, 1.82) is 0 Å². The van der Waals surface area contributed by atoms with Gasteiger partial charge in [-0.2, -0.15) is 5.06 Å². The summed E-state index contributed by atoms with van der Waals surface area (Å²) in [5, 5.41) is 1.31. The highest BCUT2D eigenvalue weighted by Gasteiger charge is 2.17. The zero-order valence-corrected chi connectivity index (χ0v) is 10.2. The molecule has 0 spiro atoms. The predicted molar refractivity (Wildman–Crippen MR) is 70.2 cm³/mol. The minimum atomic E-state index is -0.183. The van der Waals surface area contributed by atoms with Crippen molar-refractivity contribution in [2.24, 2.45) is 0 Å². The van der Waals surface area contributed by atoms with Gasteiger partial charge >= 0.3 is 0 Å². The van der Waals surface area contributed by atoms with Crippen molar-refractivity contribution in [2.45, 2.75) is 6.92 Å². The first-order valence-electron chi connectivity index (χ1n) is 5.81. The van der Waals surface area contributed by atoms with Gasteiger partial charge in [-0.25, -0.2) is 0 Å². The number of rotatable bonds is 4. The lowest BCUT2D eigenvalue weighted by Gasteiger charge is -2.21. The Morgan fingerprint density at radius 3 is 2.44 bits per heavy atom. The molecule has 0 atom stereocenters. The van der Waals surface area contributed by atoms with Crippen LogP contribution in [0.2, 0.25) is 0 Å². The van der Waals surface area contributed by atoms with E-state index in [9.17, 15) is 4.79 Å². The molecule has 91 valence electrons. The maximum absolute atomic E-state index is 12.3. The van der Waals surface area contributed by atoms with Gasteiger partial charge in [0.1, 0.15) is 0 Å². The van der Waals surface area contributed by atoms with Crippen LogP contribution in [0.25, 0.3) is 0 Å². The average molecular weight is 240 g/mol. The zero-order valence-electron chi connectivity index (χ0n) is 10.2. The van der Waals surface area contributed by atoms with Gasteiger partial charge in [-0.1, -0.05) is 30.3 Å². The molecule has 0 aliphatic heterocycles. The number of hydrogen-bond donors (Lipinski definition) is 0. The lowest BCUT2D eigenvalue weighted by atomic mass is 10.2. The average Bonchev–Trinajstić information content (AvgIpc) is 2.46. The Morgan fingerprint density at radius 1 is 1.17 bits per heavy atom. The molecule has 0 saturated carbocycles. The first-order valence-corrected chi connectivity index (χ1v) is 5.81. The second-order valence-electron chi connectivity index (χ2n) is 3.64.